The summed E-state index contributed by atoms with van der Waals surface area (Å²) >= 11 is 0. The summed E-state index contributed by atoms with van der Waals surface area (Å²) in [5, 5.41) is 0. The zero-order chi connectivity index (χ0) is 15.4. The summed E-state index contributed by atoms with van der Waals surface area (Å²) in [7, 11) is 0. The monoisotopic (exact) mass is 298 g/mol. The summed E-state index contributed by atoms with van der Waals surface area (Å²) in [5.41, 5.74) is 2.00. The maximum absolute atomic E-state index is 11.5. The van der Waals surface area contributed by atoms with Crippen LogP contribution in [0.25, 0.3) is 0 Å². The van der Waals surface area contributed by atoms with E-state index >= 15 is 0 Å². The lowest BCUT2D eigenvalue weighted by Crippen LogP contribution is -2.05. The van der Waals surface area contributed by atoms with Gasteiger partial charge in [-0.15, -0.1) is 0 Å². The molecule has 1 aliphatic heterocycles. The van der Waals surface area contributed by atoms with Crippen LogP contribution in [-0.2, 0) is 11.2 Å². The van der Waals surface area contributed by atoms with Gasteiger partial charge in [0, 0.05) is 5.92 Å². The molecule has 0 saturated carbocycles. The molecule has 1 aliphatic rings. The second-order valence-electron chi connectivity index (χ2n) is 5.14. The lowest BCUT2D eigenvalue weighted by molar-refractivity contribution is -0.109. The van der Waals surface area contributed by atoms with E-state index < -0.39 is 0 Å². The SMILES string of the molecule is CCOc1cccc(CC(C=O)c2ccc3c(c2)OCO3)c1. The number of hydrogen-bond acceptors (Lipinski definition) is 4. The van der Waals surface area contributed by atoms with Gasteiger partial charge in [-0.25, -0.2) is 0 Å². The van der Waals surface area contributed by atoms with Crippen molar-refractivity contribution < 1.29 is 19.0 Å². The van der Waals surface area contributed by atoms with Crippen molar-refractivity contribution in [1.82, 2.24) is 0 Å². The molecule has 22 heavy (non-hydrogen) atoms. The fourth-order valence-electron chi connectivity index (χ4n) is 2.57. The molecule has 1 atom stereocenters. The second-order valence-corrected chi connectivity index (χ2v) is 5.14. The Kier molecular flexibility index (Phi) is 4.28. The summed E-state index contributed by atoms with van der Waals surface area (Å²) in [6.45, 7) is 2.82. The van der Waals surface area contributed by atoms with Crippen molar-refractivity contribution in [2.45, 2.75) is 19.3 Å². The van der Waals surface area contributed by atoms with Gasteiger partial charge in [-0.2, -0.15) is 0 Å². The van der Waals surface area contributed by atoms with Crippen LogP contribution in [0.3, 0.4) is 0 Å². The highest BCUT2D eigenvalue weighted by molar-refractivity contribution is 5.64. The zero-order valence-electron chi connectivity index (χ0n) is 12.5. The predicted molar refractivity (Wildman–Crippen MR) is 82.7 cm³/mol. The van der Waals surface area contributed by atoms with Crippen LogP contribution in [0.5, 0.6) is 17.2 Å². The van der Waals surface area contributed by atoms with Crippen LogP contribution in [-0.4, -0.2) is 19.7 Å². The number of aldehydes is 1. The normalized spacial score (nSPS) is 13.7. The van der Waals surface area contributed by atoms with Crippen LogP contribution in [0, 0.1) is 0 Å². The Morgan fingerprint density at radius 3 is 2.86 bits per heavy atom. The highest BCUT2D eigenvalue weighted by atomic mass is 16.7. The molecule has 0 N–H and O–H groups in total. The van der Waals surface area contributed by atoms with Crippen LogP contribution in [0.15, 0.2) is 42.5 Å². The van der Waals surface area contributed by atoms with Crippen LogP contribution in [0.2, 0.25) is 0 Å². The minimum Gasteiger partial charge on any atom is -0.494 e. The van der Waals surface area contributed by atoms with Gasteiger partial charge < -0.3 is 19.0 Å². The largest absolute Gasteiger partial charge is 0.494 e. The maximum atomic E-state index is 11.5. The first-order valence-corrected chi connectivity index (χ1v) is 7.36. The molecule has 1 unspecified atom stereocenters. The third kappa shape index (κ3) is 3.06. The third-order valence-electron chi connectivity index (χ3n) is 3.65. The molecular formula is C18H18O4. The van der Waals surface area contributed by atoms with Gasteiger partial charge in [0.2, 0.25) is 6.79 Å². The Labute approximate surface area is 129 Å². The molecule has 0 saturated heterocycles. The number of hydrogen-bond donors (Lipinski definition) is 0. The summed E-state index contributed by atoms with van der Waals surface area (Å²) in [6.07, 6.45) is 1.61. The van der Waals surface area contributed by atoms with E-state index in [9.17, 15) is 4.79 Å². The number of rotatable bonds is 6. The van der Waals surface area contributed by atoms with E-state index in [4.69, 9.17) is 14.2 Å². The molecule has 4 heteroatoms. The number of carbonyl (C=O) groups is 1. The summed E-state index contributed by atoms with van der Waals surface area (Å²) in [6, 6.07) is 13.5. The first-order chi connectivity index (χ1) is 10.8. The Hall–Kier alpha value is -2.49. The minimum atomic E-state index is -0.216. The quantitative estimate of drug-likeness (QED) is 0.767. The van der Waals surface area contributed by atoms with Crippen LogP contribution in [0.4, 0.5) is 0 Å². The number of fused-ring (bicyclic) bond motifs is 1. The predicted octanol–water partition coefficient (Wildman–Crippen LogP) is 3.34. The van der Waals surface area contributed by atoms with E-state index in [-0.39, 0.29) is 12.7 Å². The summed E-state index contributed by atoms with van der Waals surface area (Å²) < 4.78 is 16.2. The van der Waals surface area contributed by atoms with Gasteiger partial charge in [-0.1, -0.05) is 18.2 Å². The van der Waals surface area contributed by atoms with Crippen LogP contribution >= 0.6 is 0 Å². The fourth-order valence-corrected chi connectivity index (χ4v) is 2.57. The van der Waals surface area contributed by atoms with E-state index in [0.29, 0.717) is 18.8 Å². The van der Waals surface area contributed by atoms with Crippen molar-refractivity contribution in [1.29, 1.82) is 0 Å². The minimum absolute atomic E-state index is 0.216. The van der Waals surface area contributed by atoms with Crippen molar-refractivity contribution in [3.05, 3.63) is 53.6 Å². The second kappa shape index (κ2) is 6.52. The molecule has 0 fully saturated rings. The standard InChI is InChI=1S/C18H18O4/c1-2-20-16-5-3-4-13(9-16)8-15(11-19)14-6-7-17-18(10-14)22-12-21-17/h3-7,9-11,15H,2,8,12H2,1H3. The smallest absolute Gasteiger partial charge is 0.231 e. The molecule has 0 radical (unpaired) electrons. The molecular weight excluding hydrogens is 280 g/mol. The van der Waals surface area contributed by atoms with Crippen molar-refractivity contribution in [3.8, 4) is 17.2 Å². The lowest BCUT2D eigenvalue weighted by Gasteiger charge is -2.12. The molecule has 0 aliphatic carbocycles. The molecule has 0 bridgehead atoms. The number of ether oxygens (including phenoxy) is 3. The Morgan fingerprint density at radius 1 is 1.18 bits per heavy atom. The Bertz CT molecular complexity index is 666. The molecule has 2 aromatic rings. The fraction of sp³-hybridized carbons (Fsp3) is 0.278. The van der Waals surface area contributed by atoms with E-state index in [1.54, 1.807) is 0 Å². The first-order valence-electron chi connectivity index (χ1n) is 7.36. The van der Waals surface area contributed by atoms with Gasteiger partial charge >= 0.3 is 0 Å². The van der Waals surface area contributed by atoms with Gasteiger partial charge in [0.1, 0.15) is 12.0 Å². The Morgan fingerprint density at radius 2 is 2.05 bits per heavy atom. The van der Waals surface area contributed by atoms with Gasteiger partial charge in [0.05, 0.1) is 6.61 Å². The van der Waals surface area contributed by atoms with Crippen molar-refractivity contribution in [3.63, 3.8) is 0 Å². The maximum Gasteiger partial charge on any atom is 0.231 e. The van der Waals surface area contributed by atoms with Crippen molar-refractivity contribution in [2.24, 2.45) is 0 Å². The number of benzene rings is 2. The molecule has 0 aromatic heterocycles. The van der Waals surface area contributed by atoms with Gasteiger partial charge in [-0.3, -0.25) is 0 Å². The molecule has 1 heterocycles. The molecule has 0 spiro atoms. The number of carbonyl (C=O) groups excluding carboxylic acids is 1. The molecule has 4 nitrogen and oxygen atoms in total. The van der Waals surface area contributed by atoms with Gasteiger partial charge in [0.25, 0.3) is 0 Å². The van der Waals surface area contributed by atoms with Gasteiger partial charge in [0.15, 0.2) is 11.5 Å². The van der Waals surface area contributed by atoms with E-state index in [2.05, 4.69) is 0 Å². The van der Waals surface area contributed by atoms with E-state index in [1.165, 1.54) is 0 Å². The third-order valence-corrected chi connectivity index (χ3v) is 3.65. The molecule has 2 aromatic carbocycles. The van der Waals surface area contributed by atoms with Crippen molar-refractivity contribution in [2.75, 3.05) is 13.4 Å². The topological polar surface area (TPSA) is 44.8 Å². The highest BCUT2D eigenvalue weighted by Crippen LogP contribution is 2.35. The van der Waals surface area contributed by atoms with Crippen molar-refractivity contribution >= 4 is 6.29 Å². The average molecular weight is 298 g/mol. The molecule has 3 rings (SSSR count). The summed E-state index contributed by atoms with van der Waals surface area (Å²) in [5.74, 6) is 2.04. The van der Waals surface area contributed by atoms with E-state index in [1.807, 2.05) is 49.4 Å². The summed E-state index contributed by atoms with van der Waals surface area (Å²) in [4.78, 5) is 11.5. The van der Waals surface area contributed by atoms with Crippen LogP contribution < -0.4 is 14.2 Å². The molecule has 114 valence electrons. The van der Waals surface area contributed by atoms with Crippen LogP contribution in [0.1, 0.15) is 24.0 Å². The average Bonchev–Trinajstić information content (AvgIpc) is 3.01. The van der Waals surface area contributed by atoms with E-state index in [0.717, 1.165) is 28.9 Å². The van der Waals surface area contributed by atoms with Gasteiger partial charge in [-0.05, 0) is 48.7 Å². The highest BCUT2D eigenvalue weighted by Gasteiger charge is 2.18. The Balaban J connectivity index is 1.79. The first kappa shape index (κ1) is 14.4. The molecule has 0 amide bonds. The zero-order valence-corrected chi connectivity index (χ0v) is 12.5. The lowest BCUT2D eigenvalue weighted by atomic mass is 9.93.